The third kappa shape index (κ3) is 7.82. The average Bonchev–Trinajstić information content (AvgIpc) is 3.11. The highest BCUT2D eigenvalue weighted by molar-refractivity contribution is 6.32. The van der Waals surface area contributed by atoms with E-state index in [9.17, 15) is 29.5 Å². The van der Waals surface area contributed by atoms with Crippen molar-refractivity contribution in [2.45, 2.75) is 38.2 Å². The summed E-state index contributed by atoms with van der Waals surface area (Å²) < 4.78 is 27.8. The Morgan fingerprint density at radius 3 is 2.57 bits per heavy atom. The largest absolute Gasteiger partial charge is 0.492 e. The number of nitrogens with zero attached hydrogens (tertiary/aromatic N) is 4. The number of fused-ring (bicyclic) bond motifs is 4. The topological polar surface area (TPSA) is 212 Å². The number of aromatic nitrogens is 2. The number of esters is 3. The van der Waals surface area contributed by atoms with E-state index in [0.717, 1.165) is 0 Å². The Morgan fingerprint density at radius 2 is 1.87 bits per heavy atom. The number of amides is 1. The van der Waals surface area contributed by atoms with Gasteiger partial charge in [-0.25, -0.2) is 4.79 Å². The van der Waals surface area contributed by atoms with Gasteiger partial charge in [-0.3, -0.25) is 29.3 Å². The third-order valence-electron chi connectivity index (χ3n) is 7.98. The van der Waals surface area contributed by atoms with E-state index in [1.54, 1.807) is 37.4 Å². The van der Waals surface area contributed by atoms with Crippen LogP contribution in [0.3, 0.4) is 0 Å². The molecule has 0 aliphatic carbocycles. The molecule has 2 aliphatic rings. The molecule has 2 bridgehead atoms. The van der Waals surface area contributed by atoms with Crippen LogP contribution in [0.2, 0.25) is 5.02 Å². The lowest BCUT2D eigenvalue weighted by Gasteiger charge is -2.35. The van der Waals surface area contributed by atoms with Crippen LogP contribution in [0, 0.1) is 11.3 Å². The second-order valence-electron chi connectivity index (χ2n) is 12.0. The molecule has 4 aromatic rings. The van der Waals surface area contributed by atoms with E-state index in [-0.39, 0.29) is 35.2 Å². The summed E-state index contributed by atoms with van der Waals surface area (Å²) in [5.41, 5.74) is -0.500. The molecule has 16 nitrogen and oxygen atoms in total. The lowest BCUT2D eigenvalue weighted by Crippen LogP contribution is -2.51. The van der Waals surface area contributed by atoms with Crippen LogP contribution in [0.25, 0.3) is 10.9 Å². The summed E-state index contributed by atoms with van der Waals surface area (Å²) in [5, 5.41) is 27.3. The van der Waals surface area contributed by atoms with Crippen LogP contribution in [-0.4, -0.2) is 76.3 Å². The molecular formula is C36H31ClN6O10. The van der Waals surface area contributed by atoms with Crippen LogP contribution in [-0.2, 0) is 40.0 Å². The number of hydrogen-bond acceptors (Lipinski definition) is 15. The van der Waals surface area contributed by atoms with Gasteiger partial charge < -0.3 is 39.4 Å². The molecule has 1 fully saturated rings. The maximum Gasteiger partial charge on any atom is 0.344 e. The Kier molecular flexibility index (Phi) is 10.4. The normalized spacial score (nSPS) is 19.9. The van der Waals surface area contributed by atoms with Crippen molar-refractivity contribution in [3.8, 4) is 17.6 Å². The molecule has 53 heavy (non-hydrogen) atoms. The fourth-order valence-corrected chi connectivity index (χ4v) is 5.71. The number of benzene rings is 2. The smallest absolute Gasteiger partial charge is 0.344 e. The summed E-state index contributed by atoms with van der Waals surface area (Å²) in [6, 6.07) is 15.6. The standard InChI is InChI=1S/C36H31ClN6O10/c1-4-49-27-13-24-22(30(19(16-38)17-40-24)41-20-8-9-26(23(37)11-20)50-18-21-7-5-6-10-39-21)12-25(27)42-33(46)31-32-34(43(2)3)52-29(45)15-36(48,35(47)53-32)14-28(44)51-31/h5-13,17,34,48H,4,14-15,18H2,1-3H3,(H,40,41)(H,42,46)/b32-31+. The van der Waals surface area contributed by atoms with Crippen LogP contribution in [0.1, 0.15) is 31.0 Å². The minimum absolute atomic E-state index is 0.0406. The predicted octanol–water partition coefficient (Wildman–Crippen LogP) is 4.08. The maximum absolute atomic E-state index is 14.0. The van der Waals surface area contributed by atoms with Crippen molar-refractivity contribution < 1.29 is 48.0 Å². The molecule has 0 saturated carbocycles. The number of pyridine rings is 2. The van der Waals surface area contributed by atoms with E-state index in [4.69, 9.17) is 35.3 Å². The predicted molar refractivity (Wildman–Crippen MR) is 187 cm³/mol. The number of carbonyl (C=O) groups excluding carboxylic acids is 4. The van der Waals surface area contributed by atoms with Gasteiger partial charge in [-0.15, -0.1) is 0 Å². The van der Waals surface area contributed by atoms with Crippen LogP contribution < -0.4 is 20.1 Å². The van der Waals surface area contributed by atoms with Crippen molar-refractivity contribution in [1.82, 2.24) is 14.9 Å². The lowest BCUT2D eigenvalue weighted by atomic mass is 9.94. The monoisotopic (exact) mass is 742 g/mol. The van der Waals surface area contributed by atoms with Gasteiger partial charge in [-0.05, 0) is 57.4 Å². The Morgan fingerprint density at radius 1 is 1.08 bits per heavy atom. The molecule has 2 aliphatic heterocycles. The molecular weight excluding hydrogens is 712 g/mol. The zero-order valence-electron chi connectivity index (χ0n) is 28.5. The molecule has 2 atom stereocenters. The zero-order valence-corrected chi connectivity index (χ0v) is 29.2. The average molecular weight is 743 g/mol. The Labute approximate surface area is 306 Å². The van der Waals surface area contributed by atoms with E-state index < -0.39 is 60.0 Å². The number of halogens is 1. The van der Waals surface area contributed by atoms with Crippen LogP contribution >= 0.6 is 11.6 Å². The molecule has 0 spiro atoms. The van der Waals surface area contributed by atoms with Gasteiger partial charge in [0.05, 0.1) is 52.6 Å². The van der Waals surface area contributed by atoms with Gasteiger partial charge in [0.15, 0.2) is 5.60 Å². The van der Waals surface area contributed by atoms with E-state index >= 15 is 0 Å². The number of carbonyl (C=O) groups is 4. The van der Waals surface area contributed by atoms with Crippen LogP contribution in [0.5, 0.6) is 11.5 Å². The quantitative estimate of drug-likeness (QED) is 0.154. The van der Waals surface area contributed by atoms with Gasteiger partial charge in [0.2, 0.25) is 17.7 Å². The first-order valence-corrected chi connectivity index (χ1v) is 16.4. The Hall–Kier alpha value is -6.28. The summed E-state index contributed by atoms with van der Waals surface area (Å²) in [6.45, 7) is 2.08. The zero-order chi connectivity index (χ0) is 37.9. The highest BCUT2D eigenvalue weighted by atomic mass is 35.5. The first-order valence-electron chi connectivity index (χ1n) is 16.0. The molecule has 3 N–H and O–H groups in total. The highest BCUT2D eigenvalue weighted by Gasteiger charge is 2.50. The minimum atomic E-state index is -2.58. The summed E-state index contributed by atoms with van der Waals surface area (Å²) in [4.78, 5) is 62.5. The molecule has 4 heterocycles. The molecule has 1 amide bonds. The summed E-state index contributed by atoms with van der Waals surface area (Å²) in [7, 11) is 2.92. The fourth-order valence-electron chi connectivity index (χ4n) is 5.47. The van der Waals surface area contributed by atoms with Crippen molar-refractivity contribution >= 4 is 63.4 Å². The molecule has 272 valence electrons. The summed E-state index contributed by atoms with van der Waals surface area (Å²) >= 11 is 6.56. The second-order valence-corrected chi connectivity index (χ2v) is 12.4. The number of cyclic esters (lactones) is 2. The highest BCUT2D eigenvalue weighted by Crippen LogP contribution is 2.38. The lowest BCUT2D eigenvalue weighted by molar-refractivity contribution is -0.191. The van der Waals surface area contributed by atoms with Crippen molar-refractivity contribution in [2.24, 2.45) is 0 Å². The molecule has 1 saturated heterocycles. The number of hydrogen-bond donors (Lipinski definition) is 3. The van der Waals surface area contributed by atoms with Crippen LogP contribution in [0.4, 0.5) is 17.1 Å². The van der Waals surface area contributed by atoms with Crippen molar-refractivity contribution in [3.63, 3.8) is 0 Å². The van der Waals surface area contributed by atoms with Gasteiger partial charge in [-0.2, -0.15) is 5.26 Å². The SMILES string of the molecule is CCOc1cc2ncc(C#N)c(Nc3ccc(OCc4ccccn4)c(Cl)c3)c2cc1NC(=O)/C1=C2\OC(=O)C(O)(CC(=O)O1)CC(=O)OC2N(C)C. The molecule has 2 aromatic carbocycles. The van der Waals surface area contributed by atoms with Gasteiger partial charge in [-0.1, -0.05) is 17.7 Å². The summed E-state index contributed by atoms with van der Waals surface area (Å²) in [6.07, 6.45) is -0.331. The Balaban J connectivity index is 1.38. The van der Waals surface area contributed by atoms with Crippen molar-refractivity contribution in [3.05, 3.63) is 88.7 Å². The van der Waals surface area contributed by atoms with E-state index in [1.807, 2.05) is 12.1 Å². The molecule has 0 radical (unpaired) electrons. The number of ether oxygens (including phenoxy) is 5. The third-order valence-corrected chi connectivity index (χ3v) is 8.27. The second kappa shape index (κ2) is 15.1. The van der Waals surface area contributed by atoms with E-state index in [2.05, 4.69) is 26.7 Å². The number of nitriles is 1. The molecule has 2 aromatic heterocycles. The molecule has 6 rings (SSSR count). The number of aliphatic hydroxyl groups is 1. The number of rotatable bonds is 10. The minimum Gasteiger partial charge on any atom is -0.492 e. The first kappa shape index (κ1) is 36.5. The van der Waals surface area contributed by atoms with Crippen molar-refractivity contribution in [2.75, 3.05) is 31.3 Å². The van der Waals surface area contributed by atoms with Crippen LogP contribution in [0.15, 0.2) is 72.4 Å². The van der Waals surface area contributed by atoms with E-state index in [1.165, 1.54) is 37.3 Å². The van der Waals surface area contributed by atoms with Gasteiger partial charge in [0.1, 0.15) is 24.2 Å². The van der Waals surface area contributed by atoms with E-state index in [0.29, 0.717) is 33.7 Å². The van der Waals surface area contributed by atoms with Crippen molar-refractivity contribution in [1.29, 1.82) is 5.26 Å². The maximum atomic E-state index is 14.0. The molecule has 2 unspecified atom stereocenters. The Bertz CT molecular complexity index is 2210. The first-order chi connectivity index (χ1) is 25.4. The van der Waals surface area contributed by atoms with Gasteiger partial charge in [0, 0.05) is 29.5 Å². The molecule has 17 heteroatoms. The number of likely N-dealkylation sites (N-methyl/N-ethyl adjacent to an activating group) is 1. The number of anilines is 3. The fraction of sp³-hybridized carbons (Fsp3) is 0.250. The van der Waals surface area contributed by atoms with Gasteiger partial charge >= 0.3 is 17.9 Å². The summed E-state index contributed by atoms with van der Waals surface area (Å²) in [5.74, 6) is -5.51. The number of nitrogens with one attached hydrogen (secondary N) is 2. The van der Waals surface area contributed by atoms with Gasteiger partial charge in [0.25, 0.3) is 5.91 Å².